The minimum atomic E-state index is -4.48. The molecule has 3 nitrogen and oxygen atoms in total. The van der Waals surface area contributed by atoms with Gasteiger partial charge in [0.2, 0.25) is 5.95 Å². The van der Waals surface area contributed by atoms with Gasteiger partial charge in [0.15, 0.2) is 0 Å². The molecule has 2 rings (SSSR count). The fraction of sp³-hybridized carbons (Fsp3) is 0.357. The summed E-state index contributed by atoms with van der Waals surface area (Å²) >= 11 is 5.66. The Hall–Kier alpha value is -1.69. The number of aryl methyl sites for hydroxylation is 1. The highest BCUT2D eigenvalue weighted by atomic mass is 35.5. The third-order valence-corrected chi connectivity index (χ3v) is 3.24. The van der Waals surface area contributed by atoms with Crippen LogP contribution in [0, 0.1) is 0 Å². The molecule has 1 aromatic heterocycles. The molecule has 0 aliphatic rings. The van der Waals surface area contributed by atoms with Gasteiger partial charge in [0, 0.05) is 24.0 Å². The number of hydrogen-bond acceptors (Lipinski definition) is 2. The van der Waals surface area contributed by atoms with Crippen molar-refractivity contribution in [1.29, 1.82) is 0 Å². The maximum absolute atomic E-state index is 13.0. The van der Waals surface area contributed by atoms with Crippen LogP contribution in [0.3, 0.4) is 0 Å². The lowest BCUT2D eigenvalue weighted by Gasteiger charge is -2.15. The van der Waals surface area contributed by atoms with E-state index in [0.717, 1.165) is 18.9 Å². The summed E-state index contributed by atoms with van der Waals surface area (Å²) in [5.74, 6) is 0.385. The number of hydrogen-bond donors (Lipinski definition) is 1. The number of alkyl halides is 3. The van der Waals surface area contributed by atoms with Crippen LogP contribution in [0.2, 0.25) is 5.02 Å². The number of halogens is 4. The van der Waals surface area contributed by atoms with Crippen molar-refractivity contribution in [3.05, 3.63) is 41.2 Å². The average molecular weight is 318 g/mol. The Bertz CT molecular complexity index is 608. The first-order valence-electron chi connectivity index (χ1n) is 6.56. The monoisotopic (exact) mass is 317 g/mol. The maximum atomic E-state index is 13.0. The first kappa shape index (κ1) is 15.7. The largest absolute Gasteiger partial charge is 0.418 e. The summed E-state index contributed by atoms with van der Waals surface area (Å²) < 4.78 is 40.9. The summed E-state index contributed by atoms with van der Waals surface area (Å²) in [5.41, 5.74) is -0.865. The van der Waals surface area contributed by atoms with Crippen LogP contribution in [0.25, 0.3) is 0 Å². The third-order valence-electron chi connectivity index (χ3n) is 3.00. The Morgan fingerprint density at radius 3 is 2.76 bits per heavy atom. The van der Waals surface area contributed by atoms with Crippen molar-refractivity contribution in [2.45, 2.75) is 32.5 Å². The van der Waals surface area contributed by atoms with Crippen molar-refractivity contribution >= 4 is 23.2 Å². The maximum Gasteiger partial charge on any atom is 0.418 e. The summed E-state index contributed by atoms with van der Waals surface area (Å²) in [5, 5.41) is 2.78. The molecule has 2 aromatic rings. The molecule has 0 amide bonds. The lowest BCUT2D eigenvalue weighted by Crippen LogP contribution is -2.11. The van der Waals surface area contributed by atoms with Gasteiger partial charge < -0.3 is 9.88 Å². The van der Waals surface area contributed by atoms with Crippen molar-refractivity contribution < 1.29 is 13.2 Å². The predicted octanol–water partition coefficient (Wildman–Crippen LogP) is 5.10. The SMILES string of the molecule is CCCCn1ccnc1Nc1ccc(Cl)cc1C(F)(F)F. The first-order chi connectivity index (χ1) is 9.91. The fourth-order valence-corrected chi connectivity index (χ4v) is 2.09. The fourth-order valence-electron chi connectivity index (χ4n) is 1.92. The van der Waals surface area contributed by atoms with E-state index in [4.69, 9.17) is 11.6 Å². The van der Waals surface area contributed by atoms with Crippen molar-refractivity contribution in [3.63, 3.8) is 0 Å². The smallest absolute Gasteiger partial charge is 0.325 e. The molecular formula is C14H15ClF3N3. The van der Waals surface area contributed by atoms with Gasteiger partial charge >= 0.3 is 6.18 Å². The van der Waals surface area contributed by atoms with Crippen molar-refractivity contribution in [3.8, 4) is 0 Å². The summed E-state index contributed by atoms with van der Waals surface area (Å²) in [4.78, 5) is 4.06. The van der Waals surface area contributed by atoms with Crippen LogP contribution in [0.15, 0.2) is 30.6 Å². The van der Waals surface area contributed by atoms with Crippen LogP contribution in [0.1, 0.15) is 25.3 Å². The molecule has 0 aliphatic carbocycles. The average Bonchev–Trinajstić information content (AvgIpc) is 2.84. The van der Waals surface area contributed by atoms with Crippen LogP contribution < -0.4 is 5.32 Å². The Labute approximate surface area is 125 Å². The van der Waals surface area contributed by atoms with Gasteiger partial charge in [-0.3, -0.25) is 0 Å². The molecule has 114 valence electrons. The zero-order chi connectivity index (χ0) is 15.5. The summed E-state index contributed by atoms with van der Waals surface area (Å²) in [6, 6.07) is 3.63. The van der Waals surface area contributed by atoms with Gasteiger partial charge in [-0.2, -0.15) is 13.2 Å². The third kappa shape index (κ3) is 3.91. The number of aromatic nitrogens is 2. The number of unbranched alkanes of at least 4 members (excludes halogenated alkanes) is 1. The lowest BCUT2D eigenvalue weighted by atomic mass is 10.1. The second-order valence-corrected chi connectivity index (χ2v) is 5.05. The van der Waals surface area contributed by atoms with Gasteiger partial charge in [0.05, 0.1) is 11.3 Å². The Balaban J connectivity index is 2.30. The van der Waals surface area contributed by atoms with E-state index in [1.54, 1.807) is 17.0 Å². The molecule has 0 spiro atoms. The minimum Gasteiger partial charge on any atom is -0.325 e. The zero-order valence-electron chi connectivity index (χ0n) is 11.4. The van der Waals surface area contributed by atoms with E-state index in [0.29, 0.717) is 12.5 Å². The highest BCUT2D eigenvalue weighted by molar-refractivity contribution is 6.30. The van der Waals surface area contributed by atoms with E-state index >= 15 is 0 Å². The second-order valence-electron chi connectivity index (χ2n) is 4.61. The van der Waals surface area contributed by atoms with E-state index in [1.165, 1.54) is 12.1 Å². The molecule has 1 N–H and O–H groups in total. The van der Waals surface area contributed by atoms with E-state index in [9.17, 15) is 13.2 Å². The minimum absolute atomic E-state index is 0.0437. The Morgan fingerprint density at radius 1 is 1.33 bits per heavy atom. The summed E-state index contributed by atoms with van der Waals surface area (Å²) in [6.45, 7) is 2.75. The first-order valence-corrected chi connectivity index (χ1v) is 6.94. The van der Waals surface area contributed by atoms with Crippen molar-refractivity contribution in [1.82, 2.24) is 9.55 Å². The van der Waals surface area contributed by atoms with Crippen LogP contribution >= 0.6 is 11.6 Å². The molecule has 0 saturated heterocycles. The number of rotatable bonds is 5. The second kappa shape index (κ2) is 6.39. The van der Waals surface area contributed by atoms with E-state index in [-0.39, 0.29) is 10.7 Å². The van der Waals surface area contributed by atoms with Crippen LogP contribution in [-0.4, -0.2) is 9.55 Å². The van der Waals surface area contributed by atoms with Gasteiger partial charge in [0.1, 0.15) is 0 Å². The zero-order valence-corrected chi connectivity index (χ0v) is 12.2. The number of imidazole rings is 1. The van der Waals surface area contributed by atoms with Gasteiger partial charge in [-0.1, -0.05) is 24.9 Å². The Morgan fingerprint density at radius 2 is 2.10 bits per heavy atom. The molecule has 0 bridgehead atoms. The lowest BCUT2D eigenvalue weighted by molar-refractivity contribution is -0.136. The normalized spacial score (nSPS) is 11.7. The predicted molar refractivity (Wildman–Crippen MR) is 76.9 cm³/mol. The van der Waals surface area contributed by atoms with Crippen molar-refractivity contribution in [2.24, 2.45) is 0 Å². The standard InChI is InChI=1S/C14H15ClF3N3/c1-2-3-7-21-8-6-19-13(21)20-12-5-4-10(15)9-11(12)14(16,17)18/h4-6,8-9H,2-3,7H2,1H3,(H,19,20). The van der Waals surface area contributed by atoms with Crippen molar-refractivity contribution in [2.75, 3.05) is 5.32 Å². The number of nitrogens with one attached hydrogen (secondary N) is 1. The van der Waals surface area contributed by atoms with E-state index in [1.807, 2.05) is 6.92 Å². The molecule has 1 heterocycles. The van der Waals surface area contributed by atoms with E-state index in [2.05, 4.69) is 10.3 Å². The topological polar surface area (TPSA) is 29.9 Å². The molecule has 0 atom stereocenters. The van der Waals surface area contributed by atoms with Gasteiger partial charge in [-0.25, -0.2) is 4.98 Å². The van der Waals surface area contributed by atoms with Gasteiger partial charge in [-0.05, 0) is 24.6 Å². The molecule has 0 fully saturated rings. The summed E-state index contributed by atoms with van der Waals surface area (Å²) in [6.07, 6.45) is 0.737. The van der Waals surface area contributed by atoms with Crippen LogP contribution in [0.4, 0.5) is 24.8 Å². The van der Waals surface area contributed by atoms with Gasteiger partial charge in [0.25, 0.3) is 0 Å². The molecule has 0 unspecified atom stereocenters. The number of anilines is 2. The van der Waals surface area contributed by atoms with Gasteiger partial charge in [-0.15, -0.1) is 0 Å². The quantitative estimate of drug-likeness (QED) is 0.831. The molecule has 0 saturated carbocycles. The molecule has 0 radical (unpaired) electrons. The van der Waals surface area contributed by atoms with Crippen LogP contribution in [0.5, 0.6) is 0 Å². The molecule has 21 heavy (non-hydrogen) atoms. The summed E-state index contributed by atoms with van der Waals surface area (Å²) in [7, 11) is 0. The number of benzene rings is 1. The Kier molecular flexibility index (Phi) is 4.77. The molecular weight excluding hydrogens is 303 g/mol. The number of nitrogens with zero attached hydrogens (tertiary/aromatic N) is 2. The molecule has 1 aromatic carbocycles. The highest BCUT2D eigenvalue weighted by Gasteiger charge is 2.34. The molecule has 7 heteroatoms. The highest BCUT2D eigenvalue weighted by Crippen LogP contribution is 2.37. The van der Waals surface area contributed by atoms with E-state index < -0.39 is 11.7 Å². The van der Waals surface area contributed by atoms with Crippen LogP contribution in [-0.2, 0) is 12.7 Å². The molecule has 0 aliphatic heterocycles.